The highest BCUT2D eigenvalue weighted by molar-refractivity contribution is 5.79. The van der Waals surface area contributed by atoms with Gasteiger partial charge in [-0.15, -0.1) is 0 Å². The lowest BCUT2D eigenvalue weighted by atomic mass is 10.0. The van der Waals surface area contributed by atoms with Gasteiger partial charge in [0.2, 0.25) is 0 Å². The molecule has 1 atom stereocenters. The molecule has 1 unspecified atom stereocenters. The van der Waals surface area contributed by atoms with Crippen LogP contribution in [0.1, 0.15) is 29.7 Å². The standard InChI is InChI=1S/C25H33FN4O2/c1-2-27-25(28-11-9-19-3-8-24-21(17-19)10-14-32-24)29-18-23(30-12-15-31-16-13-30)20-4-6-22(26)7-5-20/h3-8,17,23H,2,9-16,18H2,1H3,(H2,27,28,29). The van der Waals surface area contributed by atoms with Crippen molar-refractivity contribution in [2.24, 2.45) is 4.99 Å². The zero-order valence-electron chi connectivity index (χ0n) is 18.8. The van der Waals surface area contributed by atoms with Crippen molar-refractivity contribution in [2.75, 3.05) is 52.5 Å². The van der Waals surface area contributed by atoms with E-state index in [9.17, 15) is 4.39 Å². The third-order valence-electron chi connectivity index (χ3n) is 5.97. The van der Waals surface area contributed by atoms with Gasteiger partial charge in [-0.05, 0) is 48.2 Å². The summed E-state index contributed by atoms with van der Waals surface area (Å²) in [6.45, 7) is 8.16. The minimum absolute atomic E-state index is 0.0895. The second-order valence-corrected chi connectivity index (χ2v) is 8.15. The number of nitrogens with one attached hydrogen (secondary N) is 2. The molecule has 0 saturated carbocycles. The number of benzene rings is 2. The molecule has 172 valence electrons. The number of hydrogen-bond donors (Lipinski definition) is 2. The molecule has 2 aromatic rings. The zero-order valence-corrected chi connectivity index (χ0v) is 18.8. The number of hydrogen-bond acceptors (Lipinski definition) is 4. The van der Waals surface area contributed by atoms with Crippen LogP contribution in [0.15, 0.2) is 47.5 Å². The summed E-state index contributed by atoms with van der Waals surface area (Å²) in [5.74, 6) is 1.61. The van der Waals surface area contributed by atoms with Crippen molar-refractivity contribution in [3.8, 4) is 5.75 Å². The van der Waals surface area contributed by atoms with E-state index in [0.717, 1.165) is 62.9 Å². The molecule has 0 spiro atoms. The van der Waals surface area contributed by atoms with Gasteiger partial charge in [0.15, 0.2) is 5.96 Å². The monoisotopic (exact) mass is 440 g/mol. The lowest BCUT2D eigenvalue weighted by Crippen LogP contribution is -2.42. The van der Waals surface area contributed by atoms with Crippen LogP contribution in [0.3, 0.4) is 0 Å². The summed E-state index contributed by atoms with van der Waals surface area (Å²) in [6.07, 6.45) is 1.91. The van der Waals surface area contributed by atoms with Gasteiger partial charge >= 0.3 is 0 Å². The molecule has 2 aliphatic rings. The first-order valence-corrected chi connectivity index (χ1v) is 11.6. The van der Waals surface area contributed by atoms with E-state index in [0.29, 0.717) is 19.8 Å². The van der Waals surface area contributed by atoms with Gasteiger partial charge in [0.1, 0.15) is 11.6 Å². The Hall–Kier alpha value is -2.64. The number of morpholine rings is 1. The molecule has 2 N–H and O–H groups in total. The van der Waals surface area contributed by atoms with E-state index < -0.39 is 0 Å². The van der Waals surface area contributed by atoms with Gasteiger partial charge in [0, 0.05) is 32.6 Å². The molecule has 0 bridgehead atoms. The van der Waals surface area contributed by atoms with E-state index in [2.05, 4.69) is 40.7 Å². The fourth-order valence-corrected chi connectivity index (χ4v) is 4.25. The van der Waals surface area contributed by atoms with Gasteiger partial charge in [-0.25, -0.2) is 4.39 Å². The lowest BCUT2D eigenvalue weighted by molar-refractivity contribution is 0.0179. The van der Waals surface area contributed by atoms with Crippen LogP contribution >= 0.6 is 0 Å². The molecule has 2 heterocycles. The predicted octanol–water partition coefficient (Wildman–Crippen LogP) is 2.93. The number of guanidine groups is 1. The second-order valence-electron chi connectivity index (χ2n) is 8.15. The summed E-state index contributed by atoms with van der Waals surface area (Å²) in [7, 11) is 0. The van der Waals surface area contributed by atoms with E-state index in [1.54, 1.807) is 0 Å². The third kappa shape index (κ3) is 5.99. The number of aliphatic imine (C=N–C) groups is 1. The fraction of sp³-hybridized carbons (Fsp3) is 0.480. The van der Waals surface area contributed by atoms with Crippen LogP contribution in [-0.2, 0) is 17.6 Å². The molecule has 0 amide bonds. The first-order chi connectivity index (χ1) is 15.7. The molecule has 1 saturated heterocycles. The lowest BCUT2D eigenvalue weighted by Gasteiger charge is -2.34. The van der Waals surface area contributed by atoms with Gasteiger partial charge in [0.25, 0.3) is 0 Å². The fourth-order valence-electron chi connectivity index (χ4n) is 4.25. The van der Waals surface area contributed by atoms with Crippen LogP contribution in [0.5, 0.6) is 5.75 Å². The van der Waals surface area contributed by atoms with Crippen molar-refractivity contribution in [2.45, 2.75) is 25.8 Å². The molecule has 6 nitrogen and oxygen atoms in total. The Bertz CT molecular complexity index is 897. The molecule has 7 heteroatoms. The Morgan fingerprint density at radius 3 is 2.69 bits per heavy atom. The smallest absolute Gasteiger partial charge is 0.191 e. The summed E-state index contributed by atoms with van der Waals surface area (Å²) in [5, 5.41) is 6.81. The Labute approximate surface area is 189 Å². The Morgan fingerprint density at radius 2 is 1.91 bits per heavy atom. The molecule has 0 aliphatic carbocycles. The Balaban J connectivity index is 1.39. The topological polar surface area (TPSA) is 58.1 Å². The van der Waals surface area contributed by atoms with Crippen molar-refractivity contribution >= 4 is 5.96 Å². The van der Waals surface area contributed by atoms with Crippen LogP contribution < -0.4 is 15.4 Å². The van der Waals surface area contributed by atoms with Crippen molar-refractivity contribution < 1.29 is 13.9 Å². The average Bonchev–Trinajstić information content (AvgIpc) is 3.29. The first-order valence-electron chi connectivity index (χ1n) is 11.6. The normalized spacial score (nSPS) is 17.5. The Kier molecular flexibility index (Phi) is 7.96. The van der Waals surface area contributed by atoms with Crippen molar-refractivity contribution in [1.82, 2.24) is 15.5 Å². The average molecular weight is 441 g/mol. The summed E-state index contributed by atoms with van der Waals surface area (Å²) < 4.78 is 24.6. The molecule has 0 radical (unpaired) electrons. The summed E-state index contributed by atoms with van der Waals surface area (Å²) in [4.78, 5) is 7.25. The Morgan fingerprint density at radius 1 is 1.09 bits per heavy atom. The molecule has 4 rings (SSSR count). The number of fused-ring (bicyclic) bond motifs is 1. The van der Waals surface area contributed by atoms with E-state index in [1.165, 1.54) is 23.3 Å². The molecule has 2 aromatic carbocycles. The largest absolute Gasteiger partial charge is 0.493 e. The molecule has 0 aromatic heterocycles. The highest BCUT2D eigenvalue weighted by Gasteiger charge is 2.22. The molecule has 1 fully saturated rings. The van der Waals surface area contributed by atoms with E-state index in [4.69, 9.17) is 14.5 Å². The highest BCUT2D eigenvalue weighted by Crippen LogP contribution is 2.26. The number of ether oxygens (including phenoxy) is 2. The van der Waals surface area contributed by atoms with Gasteiger partial charge in [-0.1, -0.05) is 24.3 Å². The third-order valence-corrected chi connectivity index (χ3v) is 5.97. The molecular formula is C25H33FN4O2. The quantitative estimate of drug-likeness (QED) is 0.488. The van der Waals surface area contributed by atoms with Gasteiger partial charge in [-0.3, -0.25) is 9.89 Å². The SMILES string of the molecule is CCNC(=NCC(c1ccc(F)cc1)N1CCOCC1)NCCc1ccc2c(c1)CCO2. The minimum Gasteiger partial charge on any atom is -0.493 e. The molecule has 32 heavy (non-hydrogen) atoms. The maximum Gasteiger partial charge on any atom is 0.191 e. The number of halogens is 1. The summed E-state index contributed by atoms with van der Waals surface area (Å²) in [5.41, 5.74) is 3.68. The second kappa shape index (κ2) is 11.3. The maximum atomic E-state index is 13.5. The predicted molar refractivity (Wildman–Crippen MR) is 125 cm³/mol. The molecular weight excluding hydrogens is 407 g/mol. The van der Waals surface area contributed by atoms with E-state index in [-0.39, 0.29) is 11.9 Å². The molecule has 2 aliphatic heterocycles. The van der Waals surface area contributed by atoms with Crippen LogP contribution in [0.4, 0.5) is 4.39 Å². The number of rotatable bonds is 8. The minimum atomic E-state index is -0.217. The van der Waals surface area contributed by atoms with E-state index >= 15 is 0 Å². The number of nitrogens with zero attached hydrogens (tertiary/aromatic N) is 2. The zero-order chi connectivity index (χ0) is 22.2. The maximum absolute atomic E-state index is 13.5. The van der Waals surface area contributed by atoms with Gasteiger partial charge in [-0.2, -0.15) is 0 Å². The van der Waals surface area contributed by atoms with Crippen LogP contribution in [-0.4, -0.2) is 63.4 Å². The van der Waals surface area contributed by atoms with Crippen molar-refractivity contribution in [3.05, 3.63) is 65.0 Å². The highest BCUT2D eigenvalue weighted by atomic mass is 19.1. The van der Waals surface area contributed by atoms with Gasteiger partial charge in [0.05, 0.1) is 32.4 Å². The summed E-state index contributed by atoms with van der Waals surface area (Å²) >= 11 is 0. The van der Waals surface area contributed by atoms with Crippen molar-refractivity contribution in [1.29, 1.82) is 0 Å². The van der Waals surface area contributed by atoms with Crippen LogP contribution in [0.25, 0.3) is 0 Å². The van der Waals surface area contributed by atoms with Crippen LogP contribution in [0.2, 0.25) is 0 Å². The summed E-state index contributed by atoms with van der Waals surface area (Å²) in [6, 6.07) is 13.3. The van der Waals surface area contributed by atoms with Crippen molar-refractivity contribution in [3.63, 3.8) is 0 Å². The first kappa shape index (κ1) is 22.6. The van der Waals surface area contributed by atoms with Gasteiger partial charge < -0.3 is 20.1 Å². The van der Waals surface area contributed by atoms with Crippen LogP contribution in [0, 0.1) is 5.82 Å². The van der Waals surface area contributed by atoms with E-state index in [1.807, 2.05) is 12.1 Å².